The number of hydrogen-bond donors (Lipinski definition) is 0. The number of carbonyl (C=O) groups is 2. The second kappa shape index (κ2) is 10.7. The molecule has 0 spiro atoms. The summed E-state index contributed by atoms with van der Waals surface area (Å²) in [5.41, 5.74) is 0.382. The molecule has 0 aromatic carbocycles. The van der Waals surface area contributed by atoms with Gasteiger partial charge in [0.2, 0.25) is 9.76 Å². The van der Waals surface area contributed by atoms with Crippen molar-refractivity contribution in [3.05, 3.63) is 12.2 Å². The lowest BCUT2D eigenvalue weighted by Gasteiger charge is -2.10. The molecular formula is C12H22O6Si. The Morgan fingerprint density at radius 2 is 2.05 bits per heavy atom. The minimum absolute atomic E-state index is 0.105. The molecule has 0 saturated heterocycles. The molecule has 6 nitrogen and oxygen atoms in total. The molecule has 0 N–H and O–H groups in total. The van der Waals surface area contributed by atoms with Crippen LogP contribution in [0.1, 0.15) is 20.3 Å². The third kappa shape index (κ3) is 10.4. The van der Waals surface area contributed by atoms with Crippen molar-refractivity contribution in [2.24, 2.45) is 0 Å². The predicted molar refractivity (Wildman–Crippen MR) is 72.3 cm³/mol. The molecule has 0 rings (SSSR count). The highest BCUT2D eigenvalue weighted by molar-refractivity contribution is 6.30. The number of rotatable bonds is 10. The highest BCUT2D eigenvalue weighted by Gasteiger charge is 2.07. The van der Waals surface area contributed by atoms with Crippen molar-refractivity contribution in [2.75, 3.05) is 20.3 Å². The molecule has 0 radical (unpaired) electrons. The molecule has 19 heavy (non-hydrogen) atoms. The first-order valence-corrected chi connectivity index (χ1v) is 7.67. The van der Waals surface area contributed by atoms with Gasteiger partial charge >= 0.3 is 11.9 Å². The van der Waals surface area contributed by atoms with Gasteiger partial charge in [0.25, 0.3) is 0 Å². The summed E-state index contributed by atoms with van der Waals surface area (Å²) in [6, 6.07) is 0.759. The summed E-state index contributed by atoms with van der Waals surface area (Å²) < 4.78 is 19.8. The smallest absolute Gasteiger partial charge is 0.333 e. The van der Waals surface area contributed by atoms with Gasteiger partial charge in [0.05, 0.1) is 6.61 Å². The fourth-order valence-corrected chi connectivity index (χ4v) is 1.84. The van der Waals surface area contributed by atoms with E-state index in [1.807, 2.05) is 0 Å². The van der Waals surface area contributed by atoms with E-state index in [-0.39, 0.29) is 18.5 Å². The van der Waals surface area contributed by atoms with E-state index in [2.05, 4.69) is 6.58 Å². The lowest BCUT2D eigenvalue weighted by Crippen LogP contribution is -2.20. The van der Waals surface area contributed by atoms with Gasteiger partial charge in [-0.3, -0.25) is 4.79 Å². The van der Waals surface area contributed by atoms with Crippen molar-refractivity contribution in [3.63, 3.8) is 0 Å². The Morgan fingerprint density at radius 1 is 1.37 bits per heavy atom. The van der Waals surface area contributed by atoms with Crippen LogP contribution in [0.3, 0.4) is 0 Å². The Kier molecular flexibility index (Phi) is 10.0. The largest absolute Gasteiger partial charge is 0.523 e. The molecule has 1 unspecified atom stereocenters. The second-order valence-corrected chi connectivity index (χ2v) is 5.36. The van der Waals surface area contributed by atoms with Crippen LogP contribution in [0.2, 0.25) is 6.04 Å². The molecule has 0 amide bonds. The fraction of sp³-hybridized carbons (Fsp3) is 0.667. The number of esters is 1. The number of methoxy groups -OCH3 is 1. The van der Waals surface area contributed by atoms with Gasteiger partial charge in [-0.1, -0.05) is 6.58 Å². The highest BCUT2D eigenvalue weighted by Crippen LogP contribution is 1.97. The van der Waals surface area contributed by atoms with Crippen LogP contribution < -0.4 is 0 Å². The topological polar surface area (TPSA) is 71.1 Å². The molecule has 0 aromatic rings. The first-order valence-electron chi connectivity index (χ1n) is 6.10. The Bertz CT molecular complexity index is 305. The fourth-order valence-electron chi connectivity index (χ4n) is 0.973. The van der Waals surface area contributed by atoms with Crippen molar-refractivity contribution < 1.29 is 28.2 Å². The molecule has 110 valence electrons. The first-order chi connectivity index (χ1) is 8.97. The van der Waals surface area contributed by atoms with Gasteiger partial charge in [0.15, 0.2) is 6.29 Å². The lowest BCUT2D eigenvalue weighted by atomic mass is 10.4. The summed E-state index contributed by atoms with van der Waals surface area (Å²) in [6.45, 7) is 6.99. The maximum atomic E-state index is 11.2. The monoisotopic (exact) mass is 290 g/mol. The number of hydrogen-bond acceptors (Lipinski definition) is 6. The van der Waals surface area contributed by atoms with E-state index in [1.165, 1.54) is 7.11 Å². The molecule has 0 saturated carbocycles. The molecule has 0 aromatic heterocycles. The molecule has 0 aliphatic rings. The van der Waals surface area contributed by atoms with E-state index < -0.39 is 16.1 Å². The SMILES string of the molecule is C=C(C)C(=O)OCCC[SiH2]OC(=O)COC(C)OC. The minimum Gasteiger partial charge on any atom is -0.523 e. The maximum Gasteiger partial charge on any atom is 0.333 e. The average molecular weight is 290 g/mol. The van der Waals surface area contributed by atoms with Crippen molar-refractivity contribution in [3.8, 4) is 0 Å². The molecule has 0 bridgehead atoms. The predicted octanol–water partition coefficient (Wildman–Crippen LogP) is 0.550. The lowest BCUT2D eigenvalue weighted by molar-refractivity contribution is -0.155. The van der Waals surface area contributed by atoms with E-state index in [4.69, 9.17) is 18.6 Å². The summed E-state index contributed by atoms with van der Waals surface area (Å²) in [5, 5.41) is 0. The van der Waals surface area contributed by atoms with Crippen LogP contribution >= 0.6 is 0 Å². The molecule has 0 fully saturated rings. The van der Waals surface area contributed by atoms with E-state index >= 15 is 0 Å². The van der Waals surface area contributed by atoms with E-state index in [1.54, 1.807) is 13.8 Å². The normalized spacial score (nSPS) is 12.4. The molecule has 0 heterocycles. The number of ether oxygens (including phenoxy) is 3. The Labute approximate surface area is 116 Å². The summed E-state index contributed by atoms with van der Waals surface area (Å²) >= 11 is 0. The Balaban J connectivity index is 3.41. The van der Waals surface area contributed by atoms with Crippen LogP contribution in [0, 0.1) is 0 Å². The van der Waals surface area contributed by atoms with Crippen LogP contribution in [0.5, 0.6) is 0 Å². The average Bonchev–Trinajstić information content (AvgIpc) is 2.39. The van der Waals surface area contributed by atoms with Crippen LogP contribution in [-0.4, -0.2) is 48.3 Å². The Hall–Kier alpha value is -1.18. The molecule has 0 aliphatic carbocycles. The van der Waals surface area contributed by atoms with Gasteiger partial charge in [-0.2, -0.15) is 0 Å². The van der Waals surface area contributed by atoms with E-state index in [9.17, 15) is 9.59 Å². The van der Waals surface area contributed by atoms with Gasteiger partial charge in [0.1, 0.15) is 6.61 Å². The molecule has 1 atom stereocenters. The van der Waals surface area contributed by atoms with Gasteiger partial charge in [-0.15, -0.1) is 0 Å². The van der Waals surface area contributed by atoms with Crippen molar-refractivity contribution in [1.82, 2.24) is 0 Å². The van der Waals surface area contributed by atoms with Crippen molar-refractivity contribution in [2.45, 2.75) is 32.6 Å². The van der Waals surface area contributed by atoms with Crippen LogP contribution in [0.4, 0.5) is 0 Å². The van der Waals surface area contributed by atoms with Crippen LogP contribution in [0.25, 0.3) is 0 Å². The van der Waals surface area contributed by atoms with Gasteiger partial charge in [-0.25, -0.2) is 4.79 Å². The standard InChI is InChI=1S/C12H22O6Si/c1-9(2)12(14)16-6-5-7-19-18-11(13)8-17-10(3)15-4/h10H,1,5-8,19H2,2-4H3. The third-order valence-electron chi connectivity index (χ3n) is 2.15. The first kappa shape index (κ1) is 17.8. The quantitative estimate of drug-likeness (QED) is 0.192. The molecule has 0 aliphatic heterocycles. The zero-order chi connectivity index (χ0) is 14.7. The number of carbonyl (C=O) groups excluding carboxylic acids is 2. The van der Waals surface area contributed by atoms with Crippen molar-refractivity contribution in [1.29, 1.82) is 0 Å². The van der Waals surface area contributed by atoms with E-state index in [0.717, 1.165) is 6.04 Å². The summed E-state index contributed by atoms with van der Waals surface area (Å²) in [5.74, 6) is -0.768. The zero-order valence-corrected chi connectivity index (χ0v) is 13.2. The molecule has 7 heteroatoms. The summed E-state index contributed by atoms with van der Waals surface area (Å²) in [7, 11) is 0.561. The third-order valence-corrected chi connectivity index (χ3v) is 3.47. The van der Waals surface area contributed by atoms with Crippen molar-refractivity contribution >= 4 is 21.7 Å². The van der Waals surface area contributed by atoms with E-state index in [0.29, 0.717) is 18.6 Å². The molecular weight excluding hydrogens is 268 g/mol. The Morgan fingerprint density at radius 3 is 2.63 bits per heavy atom. The summed E-state index contributed by atoms with van der Waals surface area (Å²) in [4.78, 5) is 22.3. The van der Waals surface area contributed by atoms with Crippen LogP contribution in [-0.2, 0) is 28.2 Å². The van der Waals surface area contributed by atoms with Gasteiger partial charge < -0.3 is 18.6 Å². The maximum absolute atomic E-state index is 11.2. The minimum atomic E-state index is -0.936. The zero-order valence-electron chi connectivity index (χ0n) is 11.8. The van der Waals surface area contributed by atoms with Gasteiger partial charge in [0, 0.05) is 12.7 Å². The van der Waals surface area contributed by atoms with Gasteiger partial charge in [-0.05, 0) is 26.3 Å². The van der Waals surface area contributed by atoms with Crippen LogP contribution in [0.15, 0.2) is 12.2 Å². The highest BCUT2D eigenvalue weighted by atomic mass is 28.2. The summed E-state index contributed by atoms with van der Waals surface area (Å²) in [6.07, 6.45) is 0.268. The second-order valence-electron chi connectivity index (χ2n) is 3.96.